The third kappa shape index (κ3) is 9.05. The Kier molecular flexibility index (Phi) is 8.52. The molecule has 0 atom stereocenters. The van der Waals surface area contributed by atoms with Crippen LogP contribution in [0.15, 0.2) is 5.16 Å². The van der Waals surface area contributed by atoms with Crippen LogP contribution in [0.5, 0.6) is 0 Å². The Morgan fingerprint density at radius 2 is 2.00 bits per heavy atom. The molecule has 0 aromatic carbocycles. The average molecular weight is 215 g/mol. The number of nitrogens with zero attached hydrogens (tertiary/aromatic N) is 1. The van der Waals surface area contributed by atoms with Crippen LogP contribution in [0.2, 0.25) is 0 Å². The molecule has 0 aliphatic carbocycles. The topological polar surface area (TPSA) is 87.7 Å². The van der Waals surface area contributed by atoms with Crippen molar-refractivity contribution < 1.29 is 10.0 Å². The maximum absolute atomic E-state index is 11.2. The minimum Gasteiger partial charge on any atom is -0.409 e. The molecule has 0 fully saturated rings. The van der Waals surface area contributed by atoms with Gasteiger partial charge in [-0.05, 0) is 6.42 Å². The summed E-state index contributed by atoms with van der Waals surface area (Å²) in [5, 5.41) is 13.6. The quantitative estimate of drug-likeness (QED) is 0.187. The van der Waals surface area contributed by atoms with Crippen molar-refractivity contribution in [1.29, 1.82) is 0 Å². The Morgan fingerprint density at radius 3 is 2.60 bits per heavy atom. The molecule has 0 bridgehead atoms. The number of hydrogen-bond acceptors (Lipinski definition) is 3. The van der Waals surface area contributed by atoms with E-state index in [1.165, 1.54) is 19.3 Å². The Balaban J connectivity index is 3.34. The molecule has 0 aromatic heterocycles. The second kappa shape index (κ2) is 9.30. The zero-order chi connectivity index (χ0) is 11.5. The fourth-order valence-electron chi connectivity index (χ4n) is 1.20. The van der Waals surface area contributed by atoms with E-state index in [9.17, 15) is 4.79 Å². The van der Waals surface area contributed by atoms with Crippen LogP contribution in [0.25, 0.3) is 0 Å². The van der Waals surface area contributed by atoms with Crippen molar-refractivity contribution in [2.45, 2.75) is 45.4 Å². The summed E-state index contributed by atoms with van der Waals surface area (Å²) < 4.78 is 0. The largest absolute Gasteiger partial charge is 0.409 e. The molecule has 0 saturated heterocycles. The molecule has 1 amide bonds. The Labute approximate surface area is 90.7 Å². The number of rotatable bonds is 8. The molecule has 0 aromatic rings. The summed E-state index contributed by atoms with van der Waals surface area (Å²) in [7, 11) is 0. The number of nitrogens with one attached hydrogen (secondary N) is 1. The molecule has 15 heavy (non-hydrogen) atoms. The van der Waals surface area contributed by atoms with E-state index >= 15 is 0 Å². The molecule has 0 rings (SSSR count). The van der Waals surface area contributed by atoms with Crippen molar-refractivity contribution in [1.82, 2.24) is 5.32 Å². The summed E-state index contributed by atoms with van der Waals surface area (Å²) in [6.45, 7) is 2.27. The Morgan fingerprint density at radius 1 is 1.33 bits per heavy atom. The summed E-state index contributed by atoms with van der Waals surface area (Å²) in [4.78, 5) is 11.2. The summed E-state index contributed by atoms with van der Waals surface area (Å²) in [5.41, 5.74) is 5.20. The third-order valence-corrected chi connectivity index (χ3v) is 2.10. The standard InChI is InChI=1S/C10H21N3O2/c1-2-3-4-5-6-7-10(14)12-8-9(11)13-15/h15H,2-8H2,1H3,(H2,11,13)(H,12,14). The van der Waals surface area contributed by atoms with E-state index in [1.54, 1.807) is 0 Å². The van der Waals surface area contributed by atoms with Crippen LogP contribution in [-0.2, 0) is 4.79 Å². The number of carbonyl (C=O) groups is 1. The van der Waals surface area contributed by atoms with Gasteiger partial charge in [0.05, 0.1) is 6.54 Å². The molecule has 0 heterocycles. The Hall–Kier alpha value is -1.26. The zero-order valence-electron chi connectivity index (χ0n) is 9.33. The van der Waals surface area contributed by atoms with Crippen molar-refractivity contribution in [2.75, 3.05) is 6.54 Å². The lowest BCUT2D eigenvalue weighted by atomic mass is 10.1. The highest BCUT2D eigenvalue weighted by atomic mass is 16.4. The molecule has 0 spiro atoms. The van der Waals surface area contributed by atoms with Gasteiger partial charge in [-0.1, -0.05) is 37.8 Å². The fraction of sp³-hybridized carbons (Fsp3) is 0.800. The molecule has 5 nitrogen and oxygen atoms in total. The van der Waals surface area contributed by atoms with Crippen LogP contribution < -0.4 is 11.1 Å². The first-order valence-electron chi connectivity index (χ1n) is 5.43. The van der Waals surface area contributed by atoms with E-state index in [4.69, 9.17) is 10.9 Å². The third-order valence-electron chi connectivity index (χ3n) is 2.10. The zero-order valence-corrected chi connectivity index (χ0v) is 9.33. The SMILES string of the molecule is CCCCCCCC(=O)NC/C(N)=N/O. The van der Waals surface area contributed by atoms with Crippen molar-refractivity contribution in [2.24, 2.45) is 10.9 Å². The van der Waals surface area contributed by atoms with Crippen LogP contribution in [0, 0.1) is 0 Å². The van der Waals surface area contributed by atoms with Crippen molar-refractivity contribution in [3.8, 4) is 0 Å². The van der Waals surface area contributed by atoms with Crippen molar-refractivity contribution in [3.63, 3.8) is 0 Å². The minimum absolute atomic E-state index is 0.0225. The second-order valence-electron chi connectivity index (χ2n) is 3.53. The smallest absolute Gasteiger partial charge is 0.220 e. The molecule has 88 valence electrons. The molecule has 5 heteroatoms. The van der Waals surface area contributed by atoms with Gasteiger partial charge in [-0.3, -0.25) is 4.79 Å². The monoisotopic (exact) mass is 215 g/mol. The van der Waals surface area contributed by atoms with E-state index in [-0.39, 0.29) is 18.3 Å². The lowest BCUT2D eigenvalue weighted by molar-refractivity contribution is -0.120. The molecule has 0 unspecified atom stereocenters. The van der Waals surface area contributed by atoms with Crippen LogP contribution in [0.3, 0.4) is 0 Å². The van der Waals surface area contributed by atoms with Crippen LogP contribution in [0.4, 0.5) is 0 Å². The first-order chi connectivity index (χ1) is 7.20. The van der Waals surface area contributed by atoms with Gasteiger partial charge in [0.1, 0.15) is 0 Å². The highest BCUT2D eigenvalue weighted by molar-refractivity contribution is 5.86. The van der Waals surface area contributed by atoms with Gasteiger partial charge in [0.2, 0.25) is 5.91 Å². The normalized spacial score (nSPS) is 11.4. The molecular formula is C10H21N3O2. The van der Waals surface area contributed by atoms with Crippen LogP contribution in [-0.4, -0.2) is 23.5 Å². The van der Waals surface area contributed by atoms with Crippen molar-refractivity contribution >= 4 is 11.7 Å². The number of nitrogens with two attached hydrogens (primary N) is 1. The lowest BCUT2D eigenvalue weighted by Crippen LogP contribution is -2.33. The van der Waals surface area contributed by atoms with E-state index in [2.05, 4.69) is 17.4 Å². The fourth-order valence-corrected chi connectivity index (χ4v) is 1.20. The molecule has 0 saturated carbocycles. The molecule has 0 aliphatic heterocycles. The molecule has 4 N–H and O–H groups in total. The van der Waals surface area contributed by atoms with Gasteiger partial charge in [0.15, 0.2) is 5.84 Å². The molecular weight excluding hydrogens is 194 g/mol. The van der Waals surface area contributed by atoms with Gasteiger partial charge < -0.3 is 16.3 Å². The summed E-state index contributed by atoms with van der Waals surface area (Å²) in [6, 6.07) is 0. The number of amides is 1. The minimum atomic E-state index is -0.0434. The van der Waals surface area contributed by atoms with Gasteiger partial charge in [0, 0.05) is 6.42 Å². The lowest BCUT2D eigenvalue weighted by Gasteiger charge is -2.03. The highest BCUT2D eigenvalue weighted by Gasteiger charge is 2.01. The molecule has 0 aliphatic rings. The van der Waals surface area contributed by atoms with Gasteiger partial charge in [-0.25, -0.2) is 0 Å². The van der Waals surface area contributed by atoms with E-state index in [0.717, 1.165) is 12.8 Å². The Bertz CT molecular complexity index is 205. The average Bonchev–Trinajstić information content (AvgIpc) is 2.25. The summed E-state index contributed by atoms with van der Waals surface area (Å²) in [6.07, 6.45) is 6.13. The van der Waals surface area contributed by atoms with E-state index in [1.807, 2.05) is 0 Å². The number of unbranched alkanes of at least 4 members (excludes halogenated alkanes) is 4. The number of carbonyl (C=O) groups excluding carboxylic acids is 1. The number of amidine groups is 1. The number of hydrogen-bond donors (Lipinski definition) is 3. The van der Waals surface area contributed by atoms with Gasteiger partial charge >= 0.3 is 0 Å². The van der Waals surface area contributed by atoms with Crippen LogP contribution >= 0.6 is 0 Å². The summed E-state index contributed by atoms with van der Waals surface area (Å²) >= 11 is 0. The maximum Gasteiger partial charge on any atom is 0.220 e. The van der Waals surface area contributed by atoms with Gasteiger partial charge in [-0.15, -0.1) is 0 Å². The van der Waals surface area contributed by atoms with Gasteiger partial charge in [-0.2, -0.15) is 0 Å². The van der Waals surface area contributed by atoms with Crippen molar-refractivity contribution in [3.05, 3.63) is 0 Å². The maximum atomic E-state index is 11.2. The highest BCUT2D eigenvalue weighted by Crippen LogP contribution is 2.04. The van der Waals surface area contributed by atoms with E-state index < -0.39 is 0 Å². The molecule has 0 radical (unpaired) electrons. The summed E-state index contributed by atoms with van der Waals surface area (Å²) in [5.74, 6) is -0.0209. The predicted molar refractivity (Wildman–Crippen MR) is 59.8 cm³/mol. The van der Waals surface area contributed by atoms with E-state index in [0.29, 0.717) is 6.42 Å². The number of oxime groups is 1. The first kappa shape index (κ1) is 13.7. The predicted octanol–water partition coefficient (Wildman–Crippen LogP) is 1.21. The second-order valence-corrected chi connectivity index (χ2v) is 3.53. The van der Waals surface area contributed by atoms with Gasteiger partial charge in [0.25, 0.3) is 0 Å². The van der Waals surface area contributed by atoms with Crippen LogP contribution in [0.1, 0.15) is 45.4 Å². The first-order valence-corrected chi connectivity index (χ1v) is 5.43.